The van der Waals surface area contributed by atoms with Crippen LogP contribution in [0.1, 0.15) is 63.0 Å². The number of nitrogens with one attached hydrogen (secondary N) is 1. The molecule has 1 fully saturated rings. The fourth-order valence-electron chi connectivity index (χ4n) is 3.43. The van der Waals surface area contributed by atoms with Crippen LogP contribution in [0.4, 0.5) is 0 Å². The van der Waals surface area contributed by atoms with Crippen LogP contribution in [-0.4, -0.2) is 13.1 Å². The van der Waals surface area contributed by atoms with Crippen LogP contribution < -0.4 is 5.32 Å². The van der Waals surface area contributed by atoms with Gasteiger partial charge in [0.25, 0.3) is 0 Å². The molecule has 0 radical (unpaired) electrons. The number of hydrogen-bond acceptors (Lipinski definition) is 1. The number of benzene rings is 1. The van der Waals surface area contributed by atoms with E-state index in [-0.39, 0.29) is 0 Å². The van der Waals surface area contributed by atoms with Gasteiger partial charge in [0, 0.05) is 6.54 Å². The normalized spacial score (nSPS) is 18.4. The Morgan fingerprint density at radius 3 is 2.25 bits per heavy atom. The van der Waals surface area contributed by atoms with Gasteiger partial charge in [-0.1, -0.05) is 62.9 Å². The molecule has 20 heavy (non-hydrogen) atoms. The molecular weight excluding hydrogens is 242 g/mol. The van der Waals surface area contributed by atoms with Crippen molar-refractivity contribution in [2.45, 2.75) is 58.8 Å². The highest BCUT2D eigenvalue weighted by atomic mass is 14.9. The van der Waals surface area contributed by atoms with Crippen molar-refractivity contribution in [3.8, 4) is 0 Å². The van der Waals surface area contributed by atoms with Crippen LogP contribution in [0.15, 0.2) is 24.3 Å². The molecule has 0 bridgehead atoms. The third-order valence-electron chi connectivity index (χ3n) is 4.64. The van der Waals surface area contributed by atoms with Crippen LogP contribution in [0.5, 0.6) is 0 Å². The standard InChI is InChI=1S/C19H31N/c1-15(2)13-20-14-19(17-7-5-4-6-8-17)18-11-9-16(3)10-12-18/h9-12,15,17,19-20H,4-8,13-14H2,1-3H3. The molecule has 0 spiro atoms. The smallest absolute Gasteiger partial charge is 0.00229 e. The minimum Gasteiger partial charge on any atom is -0.316 e. The van der Waals surface area contributed by atoms with Gasteiger partial charge < -0.3 is 5.32 Å². The molecule has 1 heteroatoms. The fraction of sp³-hybridized carbons (Fsp3) is 0.684. The molecule has 112 valence electrons. The van der Waals surface area contributed by atoms with E-state index >= 15 is 0 Å². The summed E-state index contributed by atoms with van der Waals surface area (Å²) in [6.45, 7) is 9.03. The molecule has 1 aliphatic carbocycles. The molecule has 1 unspecified atom stereocenters. The van der Waals surface area contributed by atoms with Gasteiger partial charge in [-0.15, -0.1) is 0 Å². The van der Waals surface area contributed by atoms with E-state index in [1.54, 1.807) is 5.56 Å². The summed E-state index contributed by atoms with van der Waals surface area (Å²) in [7, 11) is 0. The van der Waals surface area contributed by atoms with Crippen LogP contribution in [0.2, 0.25) is 0 Å². The van der Waals surface area contributed by atoms with Gasteiger partial charge in [-0.2, -0.15) is 0 Å². The highest BCUT2D eigenvalue weighted by Gasteiger charge is 2.24. The lowest BCUT2D eigenvalue weighted by atomic mass is 9.76. The maximum absolute atomic E-state index is 3.70. The maximum atomic E-state index is 3.70. The quantitative estimate of drug-likeness (QED) is 0.777. The molecular formula is C19H31N. The Morgan fingerprint density at radius 2 is 1.65 bits per heavy atom. The second-order valence-electron chi connectivity index (χ2n) is 6.97. The maximum Gasteiger partial charge on any atom is 0.00229 e. The molecule has 1 N–H and O–H groups in total. The van der Waals surface area contributed by atoms with Crippen molar-refractivity contribution < 1.29 is 0 Å². The molecule has 2 rings (SSSR count). The lowest BCUT2D eigenvalue weighted by molar-refractivity contribution is 0.295. The van der Waals surface area contributed by atoms with Gasteiger partial charge in [0.15, 0.2) is 0 Å². The summed E-state index contributed by atoms with van der Waals surface area (Å²) >= 11 is 0. The zero-order valence-electron chi connectivity index (χ0n) is 13.5. The summed E-state index contributed by atoms with van der Waals surface area (Å²) in [6.07, 6.45) is 7.13. The average molecular weight is 273 g/mol. The molecule has 1 saturated carbocycles. The van der Waals surface area contributed by atoms with E-state index in [1.807, 2.05) is 0 Å². The first-order chi connectivity index (χ1) is 9.66. The summed E-state index contributed by atoms with van der Waals surface area (Å²) < 4.78 is 0. The van der Waals surface area contributed by atoms with Gasteiger partial charge in [-0.05, 0) is 49.6 Å². The lowest BCUT2D eigenvalue weighted by Gasteiger charge is -2.31. The summed E-state index contributed by atoms with van der Waals surface area (Å²) in [6, 6.07) is 9.25. The molecule has 0 saturated heterocycles. The highest BCUT2D eigenvalue weighted by Crippen LogP contribution is 2.35. The molecule has 1 aromatic rings. The van der Waals surface area contributed by atoms with Crippen LogP contribution in [0.3, 0.4) is 0 Å². The van der Waals surface area contributed by atoms with E-state index in [1.165, 1.54) is 37.7 Å². The molecule has 1 aliphatic rings. The van der Waals surface area contributed by atoms with Gasteiger partial charge in [-0.3, -0.25) is 0 Å². The first kappa shape index (κ1) is 15.6. The Balaban J connectivity index is 2.04. The second kappa shape index (κ2) is 7.83. The predicted octanol–water partition coefficient (Wildman–Crippen LogP) is 4.90. The monoisotopic (exact) mass is 273 g/mol. The molecule has 0 heterocycles. The van der Waals surface area contributed by atoms with E-state index in [0.29, 0.717) is 5.92 Å². The Hall–Kier alpha value is -0.820. The Kier molecular flexibility index (Phi) is 6.09. The molecule has 1 aromatic carbocycles. The van der Waals surface area contributed by atoms with E-state index < -0.39 is 0 Å². The number of rotatable bonds is 6. The molecule has 0 amide bonds. The molecule has 1 atom stereocenters. The third kappa shape index (κ3) is 4.63. The summed E-state index contributed by atoms with van der Waals surface area (Å²) in [4.78, 5) is 0. The van der Waals surface area contributed by atoms with Crippen molar-refractivity contribution in [2.75, 3.05) is 13.1 Å². The highest BCUT2D eigenvalue weighted by molar-refractivity contribution is 5.25. The Bertz CT molecular complexity index is 373. The van der Waals surface area contributed by atoms with Crippen molar-refractivity contribution in [3.63, 3.8) is 0 Å². The van der Waals surface area contributed by atoms with E-state index in [9.17, 15) is 0 Å². The number of aryl methyl sites for hydroxylation is 1. The average Bonchev–Trinajstić information content (AvgIpc) is 2.46. The van der Waals surface area contributed by atoms with Gasteiger partial charge in [0.2, 0.25) is 0 Å². The van der Waals surface area contributed by atoms with E-state index in [0.717, 1.165) is 24.9 Å². The van der Waals surface area contributed by atoms with Gasteiger partial charge in [0.1, 0.15) is 0 Å². The minimum absolute atomic E-state index is 0.703. The topological polar surface area (TPSA) is 12.0 Å². The Morgan fingerprint density at radius 1 is 1.00 bits per heavy atom. The molecule has 1 nitrogen and oxygen atoms in total. The largest absolute Gasteiger partial charge is 0.316 e. The van der Waals surface area contributed by atoms with Crippen LogP contribution in [0.25, 0.3) is 0 Å². The SMILES string of the molecule is Cc1ccc(C(CNCC(C)C)C2CCCCC2)cc1. The first-order valence-corrected chi connectivity index (χ1v) is 8.44. The van der Waals surface area contributed by atoms with Crippen LogP contribution in [-0.2, 0) is 0 Å². The third-order valence-corrected chi connectivity index (χ3v) is 4.64. The second-order valence-corrected chi connectivity index (χ2v) is 6.97. The summed E-state index contributed by atoms with van der Waals surface area (Å²) in [5, 5.41) is 3.70. The minimum atomic E-state index is 0.703. The first-order valence-electron chi connectivity index (χ1n) is 8.44. The predicted molar refractivity (Wildman–Crippen MR) is 88.2 cm³/mol. The molecule has 0 aliphatic heterocycles. The van der Waals surface area contributed by atoms with Gasteiger partial charge in [0.05, 0.1) is 0 Å². The van der Waals surface area contributed by atoms with E-state index in [2.05, 4.69) is 50.4 Å². The van der Waals surface area contributed by atoms with Gasteiger partial charge in [-0.25, -0.2) is 0 Å². The van der Waals surface area contributed by atoms with Gasteiger partial charge >= 0.3 is 0 Å². The number of hydrogen-bond donors (Lipinski definition) is 1. The molecule has 0 aromatic heterocycles. The van der Waals surface area contributed by atoms with Crippen LogP contribution in [0, 0.1) is 18.8 Å². The van der Waals surface area contributed by atoms with Crippen molar-refractivity contribution in [1.82, 2.24) is 5.32 Å². The summed E-state index contributed by atoms with van der Waals surface area (Å²) in [5.74, 6) is 2.32. The fourth-order valence-corrected chi connectivity index (χ4v) is 3.43. The van der Waals surface area contributed by atoms with Crippen LogP contribution >= 0.6 is 0 Å². The van der Waals surface area contributed by atoms with E-state index in [4.69, 9.17) is 0 Å². The van der Waals surface area contributed by atoms with Crippen molar-refractivity contribution in [1.29, 1.82) is 0 Å². The lowest BCUT2D eigenvalue weighted by Crippen LogP contribution is -2.30. The zero-order chi connectivity index (χ0) is 14.4. The van der Waals surface area contributed by atoms with Crippen molar-refractivity contribution >= 4 is 0 Å². The Labute approximate surface area is 125 Å². The summed E-state index contributed by atoms with van der Waals surface area (Å²) in [5.41, 5.74) is 2.91. The zero-order valence-corrected chi connectivity index (χ0v) is 13.5. The van der Waals surface area contributed by atoms with Crippen molar-refractivity contribution in [2.24, 2.45) is 11.8 Å². The van der Waals surface area contributed by atoms with Crippen molar-refractivity contribution in [3.05, 3.63) is 35.4 Å².